The molecule has 142 valence electrons. The minimum absolute atomic E-state index is 0.138. The molecule has 3 rings (SSSR count). The molecule has 6 nitrogen and oxygen atoms in total. The molecule has 0 spiro atoms. The second kappa shape index (κ2) is 8.53. The van der Waals surface area contributed by atoms with Crippen molar-refractivity contribution in [1.82, 2.24) is 5.32 Å². The van der Waals surface area contributed by atoms with E-state index in [0.717, 1.165) is 5.56 Å². The van der Waals surface area contributed by atoms with Crippen molar-refractivity contribution in [2.75, 3.05) is 25.1 Å². The van der Waals surface area contributed by atoms with Crippen LogP contribution in [0, 0.1) is 11.7 Å². The molecule has 7 heteroatoms. The lowest BCUT2D eigenvalue weighted by Crippen LogP contribution is -2.36. The highest BCUT2D eigenvalue weighted by atomic mass is 19.1. The van der Waals surface area contributed by atoms with E-state index in [1.54, 1.807) is 37.3 Å². The van der Waals surface area contributed by atoms with Crippen LogP contribution in [0.4, 0.5) is 10.1 Å². The van der Waals surface area contributed by atoms with Crippen LogP contribution < -0.4 is 20.1 Å². The average Bonchev–Trinajstić information content (AvgIpc) is 2.67. The van der Waals surface area contributed by atoms with Gasteiger partial charge in [0, 0.05) is 17.7 Å². The van der Waals surface area contributed by atoms with Crippen molar-refractivity contribution in [2.24, 2.45) is 5.92 Å². The molecular weight excluding hydrogens is 351 g/mol. The molecule has 1 heterocycles. The number of carbonyl (C=O) groups excluding carboxylic acids is 2. The SMILES string of the molecule is CC(Cc1ccc(F)cc1)C(=O)NCC(=O)Nc1ccc2c(c1)OCCO2. The largest absolute Gasteiger partial charge is 0.486 e. The number of fused-ring (bicyclic) bond motifs is 1. The highest BCUT2D eigenvalue weighted by Gasteiger charge is 2.16. The summed E-state index contributed by atoms with van der Waals surface area (Å²) >= 11 is 0. The second-order valence-electron chi connectivity index (χ2n) is 6.36. The standard InChI is InChI=1S/C20H21FN2O4/c1-13(10-14-2-4-15(21)5-3-14)20(25)22-12-19(24)23-16-6-7-17-18(11-16)27-9-8-26-17/h2-7,11,13H,8-10,12H2,1H3,(H,22,25)(H,23,24). The Morgan fingerprint density at radius 1 is 1.07 bits per heavy atom. The van der Waals surface area contributed by atoms with Crippen molar-refractivity contribution in [3.8, 4) is 11.5 Å². The number of halogens is 1. The normalized spacial score (nSPS) is 13.6. The Balaban J connectivity index is 1.46. The Labute approximate surface area is 156 Å². The van der Waals surface area contributed by atoms with Crippen LogP contribution in [-0.4, -0.2) is 31.6 Å². The number of hydrogen-bond donors (Lipinski definition) is 2. The zero-order valence-corrected chi connectivity index (χ0v) is 15.0. The predicted molar refractivity (Wildman–Crippen MR) is 98.3 cm³/mol. The lowest BCUT2D eigenvalue weighted by molar-refractivity contribution is -0.126. The zero-order chi connectivity index (χ0) is 19.2. The van der Waals surface area contributed by atoms with Crippen LogP contribution in [0.3, 0.4) is 0 Å². The molecule has 1 atom stereocenters. The van der Waals surface area contributed by atoms with E-state index in [-0.39, 0.29) is 30.1 Å². The van der Waals surface area contributed by atoms with Crippen molar-refractivity contribution in [2.45, 2.75) is 13.3 Å². The van der Waals surface area contributed by atoms with Gasteiger partial charge >= 0.3 is 0 Å². The lowest BCUT2D eigenvalue weighted by Gasteiger charge is -2.19. The van der Waals surface area contributed by atoms with E-state index < -0.39 is 0 Å². The monoisotopic (exact) mass is 372 g/mol. The van der Waals surface area contributed by atoms with Gasteiger partial charge in [0.05, 0.1) is 6.54 Å². The Morgan fingerprint density at radius 3 is 2.52 bits per heavy atom. The van der Waals surface area contributed by atoms with Gasteiger partial charge in [0.15, 0.2) is 11.5 Å². The summed E-state index contributed by atoms with van der Waals surface area (Å²) in [6, 6.07) is 11.1. The molecule has 1 aliphatic heterocycles. The van der Waals surface area contributed by atoms with E-state index in [9.17, 15) is 14.0 Å². The van der Waals surface area contributed by atoms with Crippen LogP contribution in [0.25, 0.3) is 0 Å². The molecule has 1 unspecified atom stereocenters. The highest BCUT2D eigenvalue weighted by Crippen LogP contribution is 2.32. The first kappa shape index (κ1) is 18.7. The van der Waals surface area contributed by atoms with Gasteiger partial charge in [-0.05, 0) is 36.2 Å². The second-order valence-corrected chi connectivity index (χ2v) is 6.36. The summed E-state index contributed by atoms with van der Waals surface area (Å²) in [7, 11) is 0. The van der Waals surface area contributed by atoms with Gasteiger partial charge in [0.2, 0.25) is 11.8 Å². The summed E-state index contributed by atoms with van der Waals surface area (Å²) in [6.07, 6.45) is 0.468. The smallest absolute Gasteiger partial charge is 0.243 e. The van der Waals surface area contributed by atoms with E-state index in [0.29, 0.717) is 36.8 Å². The van der Waals surface area contributed by atoms with Crippen molar-refractivity contribution < 1.29 is 23.5 Å². The minimum Gasteiger partial charge on any atom is -0.486 e. The third-order valence-electron chi connectivity index (χ3n) is 4.15. The van der Waals surface area contributed by atoms with Gasteiger partial charge in [0.1, 0.15) is 19.0 Å². The average molecular weight is 372 g/mol. The maximum atomic E-state index is 12.9. The van der Waals surface area contributed by atoms with E-state index in [1.165, 1.54) is 12.1 Å². The van der Waals surface area contributed by atoms with Gasteiger partial charge in [-0.1, -0.05) is 19.1 Å². The summed E-state index contributed by atoms with van der Waals surface area (Å²) in [5, 5.41) is 5.33. The van der Waals surface area contributed by atoms with E-state index >= 15 is 0 Å². The number of carbonyl (C=O) groups is 2. The van der Waals surface area contributed by atoms with Gasteiger partial charge in [-0.3, -0.25) is 9.59 Å². The van der Waals surface area contributed by atoms with Gasteiger partial charge in [0.25, 0.3) is 0 Å². The van der Waals surface area contributed by atoms with Crippen LogP contribution in [0.1, 0.15) is 12.5 Å². The third-order valence-corrected chi connectivity index (χ3v) is 4.15. The topological polar surface area (TPSA) is 76.7 Å². The Kier molecular flexibility index (Phi) is 5.90. The Morgan fingerprint density at radius 2 is 1.78 bits per heavy atom. The molecule has 2 amide bonds. The Bertz CT molecular complexity index is 823. The fraction of sp³-hybridized carbons (Fsp3) is 0.300. The number of ether oxygens (including phenoxy) is 2. The molecule has 0 saturated heterocycles. The fourth-order valence-corrected chi connectivity index (χ4v) is 2.73. The molecule has 1 aliphatic rings. The van der Waals surface area contributed by atoms with Crippen molar-refractivity contribution in [3.05, 3.63) is 53.8 Å². The Hall–Kier alpha value is -3.09. The molecular formula is C20H21FN2O4. The zero-order valence-electron chi connectivity index (χ0n) is 15.0. The highest BCUT2D eigenvalue weighted by molar-refractivity contribution is 5.95. The molecule has 2 aromatic carbocycles. The van der Waals surface area contributed by atoms with Gasteiger partial charge in [-0.25, -0.2) is 4.39 Å². The van der Waals surface area contributed by atoms with Gasteiger partial charge < -0.3 is 20.1 Å². The first-order chi connectivity index (χ1) is 13.0. The number of benzene rings is 2. The number of nitrogens with one attached hydrogen (secondary N) is 2. The molecule has 0 aromatic heterocycles. The van der Waals surface area contributed by atoms with E-state index in [2.05, 4.69) is 10.6 Å². The number of rotatable bonds is 6. The number of anilines is 1. The lowest BCUT2D eigenvalue weighted by atomic mass is 10.0. The first-order valence-corrected chi connectivity index (χ1v) is 8.73. The van der Waals surface area contributed by atoms with Crippen LogP contribution in [0.15, 0.2) is 42.5 Å². The first-order valence-electron chi connectivity index (χ1n) is 8.73. The quantitative estimate of drug-likeness (QED) is 0.817. The van der Waals surface area contributed by atoms with E-state index in [1.807, 2.05) is 0 Å². The van der Waals surface area contributed by atoms with E-state index in [4.69, 9.17) is 9.47 Å². The van der Waals surface area contributed by atoms with Gasteiger partial charge in [-0.15, -0.1) is 0 Å². The van der Waals surface area contributed by atoms with Crippen LogP contribution in [-0.2, 0) is 16.0 Å². The fourth-order valence-electron chi connectivity index (χ4n) is 2.73. The molecule has 0 fully saturated rings. The maximum absolute atomic E-state index is 12.9. The summed E-state index contributed by atoms with van der Waals surface area (Å²) < 4.78 is 23.8. The molecule has 2 aromatic rings. The van der Waals surface area contributed by atoms with Crippen LogP contribution in [0.2, 0.25) is 0 Å². The molecule has 2 N–H and O–H groups in total. The summed E-state index contributed by atoms with van der Waals surface area (Å²) in [5.74, 6) is -0.00643. The molecule has 0 bridgehead atoms. The summed E-state index contributed by atoms with van der Waals surface area (Å²) in [5.41, 5.74) is 1.43. The predicted octanol–water partition coefficient (Wildman–Crippen LogP) is 2.53. The maximum Gasteiger partial charge on any atom is 0.243 e. The summed E-state index contributed by atoms with van der Waals surface area (Å²) in [6.45, 7) is 2.59. The van der Waals surface area contributed by atoms with Crippen molar-refractivity contribution >= 4 is 17.5 Å². The summed E-state index contributed by atoms with van der Waals surface area (Å²) in [4.78, 5) is 24.2. The molecule has 0 radical (unpaired) electrons. The van der Waals surface area contributed by atoms with Crippen LogP contribution >= 0.6 is 0 Å². The van der Waals surface area contributed by atoms with Crippen molar-refractivity contribution in [1.29, 1.82) is 0 Å². The molecule has 27 heavy (non-hydrogen) atoms. The van der Waals surface area contributed by atoms with Gasteiger partial charge in [-0.2, -0.15) is 0 Å². The molecule has 0 aliphatic carbocycles. The molecule has 0 saturated carbocycles. The number of amides is 2. The van der Waals surface area contributed by atoms with Crippen molar-refractivity contribution in [3.63, 3.8) is 0 Å². The minimum atomic E-state index is -0.339. The van der Waals surface area contributed by atoms with Crippen LogP contribution in [0.5, 0.6) is 11.5 Å². The number of hydrogen-bond acceptors (Lipinski definition) is 4. The third kappa shape index (κ3) is 5.20.